The molecule has 0 radical (unpaired) electrons. The lowest BCUT2D eigenvalue weighted by molar-refractivity contribution is 0.295. The van der Waals surface area contributed by atoms with Crippen LogP contribution in [0.15, 0.2) is 54.6 Å². The zero-order chi connectivity index (χ0) is 17.1. The molecule has 2 rings (SSSR count). The van der Waals surface area contributed by atoms with Crippen LogP contribution in [-0.2, 0) is 5.41 Å². The number of allylic oxidation sites excluding steroid dienone is 2. The Bertz CT molecular complexity index is 559. The second kappa shape index (κ2) is 10.1. The summed E-state index contributed by atoms with van der Waals surface area (Å²) in [6.07, 6.45) is 16.9. The largest absolute Gasteiger partial charge is 0.310 e. The zero-order valence-electron chi connectivity index (χ0n) is 14.9. The Labute approximate surface area is 147 Å². The highest BCUT2D eigenvalue weighted by Crippen LogP contribution is 2.42. The van der Waals surface area contributed by atoms with Crippen LogP contribution in [0, 0.1) is 11.3 Å². The number of nitrogens with one attached hydrogen (secondary N) is 1. The molecule has 24 heavy (non-hydrogen) atoms. The van der Waals surface area contributed by atoms with E-state index in [0.29, 0.717) is 5.41 Å². The van der Waals surface area contributed by atoms with E-state index in [0.717, 1.165) is 19.4 Å². The molecule has 1 aliphatic rings. The Morgan fingerprint density at radius 3 is 2.58 bits per heavy atom. The fraction of sp³-hybridized carbons (Fsp3) is 0.500. The molecule has 1 saturated carbocycles. The van der Waals surface area contributed by atoms with Gasteiger partial charge >= 0.3 is 0 Å². The van der Waals surface area contributed by atoms with Crippen molar-refractivity contribution in [1.29, 1.82) is 5.26 Å². The van der Waals surface area contributed by atoms with Crippen molar-refractivity contribution in [2.75, 3.05) is 6.54 Å². The van der Waals surface area contributed by atoms with Gasteiger partial charge in [-0.2, -0.15) is 5.26 Å². The Morgan fingerprint density at radius 1 is 1.17 bits per heavy atom. The molecule has 0 aromatic heterocycles. The van der Waals surface area contributed by atoms with Crippen molar-refractivity contribution in [2.45, 2.75) is 63.3 Å². The minimum absolute atomic E-state index is 0.255. The van der Waals surface area contributed by atoms with Crippen LogP contribution in [0.5, 0.6) is 0 Å². The molecule has 0 heterocycles. The SMILES string of the molecule is CCNC(/C=C\C#N)C/C=C/CC1(c2ccccc2)CCCCC1. The van der Waals surface area contributed by atoms with Gasteiger partial charge in [-0.1, -0.05) is 74.7 Å². The van der Waals surface area contributed by atoms with Gasteiger partial charge in [0.05, 0.1) is 6.07 Å². The molecule has 0 aliphatic heterocycles. The number of nitrogens with zero attached hydrogens (tertiary/aromatic N) is 1. The second-order valence-electron chi connectivity index (χ2n) is 6.77. The molecule has 0 bridgehead atoms. The Kier molecular flexibility index (Phi) is 7.79. The van der Waals surface area contributed by atoms with Gasteiger partial charge in [-0.05, 0) is 43.2 Å². The summed E-state index contributed by atoms with van der Waals surface area (Å²) in [5.41, 5.74) is 1.83. The lowest BCUT2D eigenvalue weighted by Gasteiger charge is -2.37. The molecule has 1 unspecified atom stereocenters. The third kappa shape index (κ3) is 5.35. The number of likely N-dealkylation sites (N-methyl/N-ethyl adjacent to an activating group) is 1. The maximum absolute atomic E-state index is 8.70. The van der Waals surface area contributed by atoms with E-state index in [-0.39, 0.29) is 6.04 Å². The molecular formula is C22H30N2. The smallest absolute Gasteiger partial charge is 0.0909 e. The van der Waals surface area contributed by atoms with Gasteiger partial charge < -0.3 is 5.32 Å². The maximum atomic E-state index is 8.70. The summed E-state index contributed by atoms with van der Waals surface area (Å²) in [6.45, 7) is 3.02. The van der Waals surface area contributed by atoms with Crippen LogP contribution >= 0.6 is 0 Å². The fourth-order valence-electron chi connectivity index (χ4n) is 3.83. The number of hydrogen-bond donors (Lipinski definition) is 1. The van der Waals surface area contributed by atoms with E-state index in [4.69, 9.17) is 5.26 Å². The van der Waals surface area contributed by atoms with Crippen LogP contribution in [-0.4, -0.2) is 12.6 Å². The predicted octanol–water partition coefficient (Wildman–Crippen LogP) is 5.28. The van der Waals surface area contributed by atoms with Crippen molar-refractivity contribution in [3.8, 4) is 6.07 Å². The lowest BCUT2D eigenvalue weighted by Crippen LogP contribution is -2.28. The lowest BCUT2D eigenvalue weighted by atomic mass is 9.67. The summed E-state index contributed by atoms with van der Waals surface area (Å²) in [4.78, 5) is 0. The van der Waals surface area contributed by atoms with Crippen molar-refractivity contribution < 1.29 is 0 Å². The molecule has 2 heteroatoms. The summed E-state index contributed by atoms with van der Waals surface area (Å²) >= 11 is 0. The molecule has 2 nitrogen and oxygen atoms in total. The highest BCUT2D eigenvalue weighted by molar-refractivity contribution is 5.27. The van der Waals surface area contributed by atoms with Gasteiger partial charge in [0, 0.05) is 12.1 Å². The summed E-state index contributed by atoms with van der Waals surface area (Å²) in [5.74, 6) is 0. The van der Waals surface area contributed by atoms with Gasteiger partial charge in [0.2, 0.25) is 0 Å². The van der Waals surface area contributed by atoms with Crippen LogP contribution in [0.25, 0.3) is 0 Å². The first-order valence-electron chi connectivity index (χ1n) is 9.31. The molecule has 1 atom stereocenters. The summed E-state index contributed by atoms with van der Waals surface area (Å²) in [7, 11) is 0. The first-order valence-corrected chi connectivity index (χ1v) is 9.31. The predicted molar refractivity (Wildman–Crippen MR) is 102 cm³/mol. The van der Waals surface area contributed by atoms with Gasteiger partial charge in [-0.25, -0.2) is 0 Å². The number of nitriles is 1. The molecule has 1 aliphatic carbocycles. The molecule has 1 fully saturated rings. The molecule has 0 amide bonds. The Balaban J connectivity index is 2.00. The number of rotatable bonds is 8. The highest BCUT2D eigenvalue weighted by Gasteiger charge is 2.32. The molecule has 1 N–H and O–H groups in total. The monoisotopic (exact) mass is 322 g/mol. The molecule has 128 valence electrons. The standard InChI is InChI=1S/C22H30N2/c1-2-24-21(15-11-19-23)14-7-10-18-22(16-8-4-9-17-22)20-12-5-3-6-13-20/h3,5-7,10-13,15,21,24H,2,4,8-9,14,16-18H2,1H3/b10-7+,15-11-. The fourth-order valence-corrected chi connectivity index (χ4v) is 3.83. The van der Waals surface area contributed by atoms with Crippen molar-refractivity contribution in [3.05, 3.63) is 60.2 Å². The van der Waals surface area contributed by atoms with Gasteiger partial charge in [0.1, 0.15) is 0 Å². The second-order valence-corrected chi connectivity index (χ2v) is 6.77. The third-order valence-electron chi connectivity index (χ3n) is 5.13. The van der Waals surface area contributed by atoms with Crippen molar-refractivity contribution in [1.82, 2.24) is 5.32 Å². The van der Waals surface area contributed by atoms with E-state index in [1.54, 1.807) is 6.08 Å². The highest BCUT2D eigenvalue weighted by atomic mass is 14.9. The van der Waals surface area contributed by atoms with Crippen LogP contribution in [0.4, 0.5) is 0 Å². The van der Waals surface area contributed by atoms with E-state index in [9.17, 15) is 0 Å². The first kappa shape index (κ1) is 18.5. The van der Waals surface area contributed by atoms with Crippen LogP contribution in [0.2, 0.25) is 0 Å². The van der Waals surface area contributed by atoms with Crippen molar-refractivity contribution >= 4 is 0 Å². The van der Waals surface area contributed by atoms with Gasteiger partial charge in [0.25, 0.3) is 0 Å². The van der Waals surface area contributed by atoms with Crippen LogP contribution in [0.1, 0.15) is 57.4 Å². The maximum Gasteiger partial charge on any atom is 0.0909 e. The van der Waals surface area contributed by atoms with E-state index < -0.39 is 0 Å². The Morgan fingerprint density at radius 2 is 1.92 bits per heavy atom. The molecular weight excluding hydrogens is 292 g/mol. The van der Waals surface area contributed by atoms with E-state index in [1.165, 1.54) is 37.7 Å². The molecule has 0 saturated heterocycles. The summed E-state index contributed by atoms with van der Waals surface area (Å²) in [5, 5.41) is 12.1. The van der Waals surface area contributed by atoms with E-state index in [1.807, 2.05) is 6.08 Å². The Hall–Kier alpha value is -1.85. The quantitative estimate of drug-likeness (QED) is 0.522. The van der Waals surface area contributed by atoms with E-state index in [2.05, 4.69) is 60.8 Å². The normalized spacial score (nSPS) is 18.7. The van der Waals surface area contributed by atoms with Gasteiger partial charge in [0.15, 0.2) is 0 Å². The van der Waals surface area contributed by atoms with Crippen LogP contribution in [0.3, 0.4) is 0 Å². The van der Waals surface area contributed by atoms with Gasteiger partial charge in [-0.15, -0.1) is 0 Å². The average Bonchev–Trinajstić information content (AvgIpc) is 2.64. The average molecular weight is 322 g/mol. The van der Waals surface area contributed by atoms with Crippen molar-refractivity contribution in [3.63, 3.8) is 0 Å². The molecule has 1 aromatic carbocycles. The molecule has 1 aromatic rings. The minimum Gasteiger partial charge on any atom is -0.310 e. The van der Waals surface area contributed by atoms with Crippen molar-refractivity contribution in [2.24, 2.45) is 0 Å². The summed E-state index contributed by atoms with van der Waals surface area (Å²) in [6, 6.07) is 13.4. The number of hydrogen-bond acceptors (Lipinski definition) is 2. The van der Waals surface area contributed by atoms with Gasteiger partial charge in [-0.3, -0.25) is 0 Å². The number of benzene rings is 1. The van der Waals surface area contributed by atoms with Crippen LogP contribution < -0.4 is 5.32 Å². The third-order valence-corrected chi connectivity index (χ3v) is 5.13. The zero-order valence-corrected chi connectivity index (χ0v) is 14.9. The first-order chi connectivity index (χ1) is 11.8. The van der Waals surface area contributed by atoms with E-state index >= 15 is 0 Å². The minimum atomic E-state index is 0.255. The topological polar surface area (TPSA) is 35.8 Å². The molecule has 0 spiro atoms. The summed E-state index contributed by atoms with van der Waals surface area (Å²) < 4.78 is 0.